The molecule has 13 nitrogen and oxygen atoms in total. The summed E-state index contributed by atoms with van der Waals surface area (Å²) in [6.45, 7) is 7.10. The fourth-order valence-electron chi connectivity index (χ4n) is 10.0. The number of aryl methyl sites for hydroxylation is 1. The van der Waals surface area contributed by atoms with E-state index >= 15 is 0 Å². The maximum absolute atomic E-state index is 12.9. The lowest BCUT2D eigenvalue weighted by molar-refractivity contribution is -0.941. The van der Waals surface area contributed by atoms with Crippen LogP contribution in [0, 0.1) is 13.8 Å². The van der Waals surface area contributed by atoms with Crippen LogP contribution in [0.3, 0.4) is 0 Å². The number of likely N-dealkylation sites (N-methyl/N-ethyl adjacent to an activating group) is 2. The number of aliphatic hydroxyl groups is 1. The number of hydrogen-bond acceptors (Lipinski definition) is 11. The van der Waals surface area contributed by atoms with E-state index < -0.39 is 18.5 Å². The van der Waals surface area contributed by atoms with Crippen LogP contribution in [0.25, 0.3) is 10.9 Å². The van der Waals surface area contributed by atoms with Gasteiger partial charge < -0.3 is 43.9 Å². The van der Waals surface area contributed by atoms with E-state index in [0.29, 0.717) is 29.6 Å². The molecule has 1 amide bonds. The van der Waals surface area contributed by atoms with Crippen molar-refractivity contribution in [2.75, 3.05) is 65.4 Å². The van der Waals surface area contributed by atoms with E-state index in [-0.39, 0.29) is 42.0 Å². The Balaban J connectivity index is 1.24. The lowest BCUT2D eigenvalue weighted by Crippen LogP contribution is -2.56. The molecule has 7 heterocycles. The van der Waals surface area contributed by atoms with Gasteiger partial charge in [-0.1, -0.05) is 12.1 Å². The van der Waals surface area contributed by atoms with Gasteiger partial charge in [-0.3, -0.25) is 19.4 Å². The summed E-state index contributed by atoms with van der Waals surface area (Å²) in [5.74, 6) is 2.43. The Morgan fingerprint density at radius 3 is 2.69 bits per heavy atom. The predicted octanol–water partition coefficient (Wildman–Crippen LogP) is 4.99. The fraction of sp³-hybridized carbons (Fsp3) is 0.450. The number of phenolic OH excluding ortho intramolecular Hbond substituents is 1. The van der Waals surface area contributed by atoms with Crippen molar-refractivity contribution in [1.29, 1.82) is 0 Å². The van der Waals surface area contributed by atoms with Crippen LogP contribution in [0.5, 0.6) is 28.7 Å². The molecule has 6 atom stereocenters. The average Bonchev–Trinajstić information content (AvgIpc) is 3.86. The number of carbonyl (C=O) groups is 2. The molecule has 0 saturated carbocycles. The molecule has 0 radical (unpaired) electrons. The number of aromatic amines is 1. The Labute approximate surface area is 317 Å². The van der Waals surface area contributed by atoms with E-state index in [1.165, 1.54) is 18.2 Å². The molecule has 10 rings (SSSR count). The number of phenols is 1. The van der Waals surface area contributed by atoms with Crippen LogP contribution in [0.15, 0.2) is 30.3 Å². The number of methoxy groups -OCH3 is 1. The van der Waals surface area contributed by atoms with Crippen molar-refractivity contribution >= 4 is 40.2 Å². The summed E-state index contributed by atoms with van der Waals surface area (Å²) in [5.41, 5.74) is 8.49. The third kappa shape index (κ3) is 5.14. The Hall–Kier alpha value is -4.47. The van der Waals surface area contributed by atoms with Crippen molar-refractivity contribution < 1.29 is 43.2 Å². The summed E-state index contributed by atoms with van der Waals surface area (Å²) in [6.07, 6.45) is 0.834. The maximum Gasteiger partial charge on any atom is 0.308 e. The van der Waals surface area contributed by atoms with Gasteiger partial charge in [0.05, 0.1) is 62.7 Å². The number of carbonyl (C=O) groups excluding carboxylic acids is 2. The Bertz CT molecular complexity index is 2240. The number of fused-ring (bicyclic) bond motifs is 5. The SMILES string of the molecule is COc1c(C)ccc(C2C3C4SCC5c6[nH]c7ccc(NC(=O)CO)cc7c6CC[N+]5(C)CC(c5c6c(c(C)c(OC(C)=O)c54)OCO6)N3CN2C)c1O. The van der Waals surface area contributed by atoms with Gasteiger partial charge in [-0.05, 0) is 50.2 Å². The Kier molecular flexibility index (Phi) is 8.36. The van der Waals surface area contributed by atoms with Crippen molar-refractivity contribution in [2.24, 2.45) is 0 Å². The highest BCUT2D eigenvalue weighted by Crippen LogP contribution is 2.64. The minimum Gasteiger partial charge on any atom is -0.504 e. The summed E-state index contributed by atoms with van der Waals surface area (Å²) >= 11 is 1.87. The number of thioether (sulfide) groups is 1. The number of nitrogens with zero attached hydrogens (tertiary/aromatic N) is 3. The van der Waals surface area contributed by atoms with Gasteiger partial charge in [-0.15, -0.1) is 11.8 Å². The summed E-state index contributed by atoms with van der Waals surface area (Å²) < 4.78 is 25.1. The third-order valence-corrected chi connectivity index (χ3v) is 13.8. The zero-order valence-electron chi connectivity index (χ0n) is 31.3. The molecule has 6 unspecified atom stereocenters. The van der Waals surface area contributed by atoms with Gasteiger partial charge in [0.1, 0.15) is 18.4 Å². The first-order valence-corrected chi connectivity index (χ1v) is 19.5. The monoisotopic (exact) mass is 756 g/mol. The van der Waals surface area contributed by atoms with Gasteiger partial charge >= 0.3 is 5.97 Å². The summed E-state index contributed by atoms with van der Waals surface area (Å²) in [6, 6.07) is 9.52. The second kappa shape index (κ2) is 12.8. The summed E-state index contributed by atoms with van der Waals surface area (Å²) in [4.78, 5) is 33.6. The first-order valence-electron chi connectivity index (χ1n) is 18.4. The third-order valence-electron chi connectivity index (χ3n) is 12.4. The molecular formula is C40H46N5O8S+. The second-order valence-corrected chi connectivity index (χ2v) is 16.7. The highest BCUT2D eigenvalue weighted by molar-refractivity contribution is 7.99. The zero-order valence-corrected chi connectivity index (χ0v) is 32.1. The molecule has 2 bridgehead atoms. The predicted molar refractivity (Wildman–Crippen MR) is 203 cm³/mol. The van der Waals surface area contributed by atoms with E-state index in [0.717, 1.165) is 74.2 Å². The van der Waals surface area contributed by atoms with E-state index in [1.807, 2.05) is 55.9 Å². The molecule has 0 aliphatic carbocycles. The highest BCUT2D eigenvalue weighted by Gasteiger charge is 2.59. The molecular weight excluding hydrogens is 711 g/mol. The molecule has 3 aromatic carbocycles. The lowest BCUT2D eigenvalue weighted by Gasteiger charge is -2.48. The molecule has 1 aromatic heterocycles. The first kappa shape index (κ1) is 35.2. The topological polar surface area (TPSA) is 146 Å². The lowest BCUT2D eigenvalue weighted by atomic mass is 9.81. The smallest absolute Gasteiger partial charge is 0.308 e. The van der Waals surface area contributed by atoms with Crippen LogP contribution in [0.2, 0.25) is 0 Å². The van der Waals surface area contributed by atoms with Crippen molar-refractivity contribution in [3.8, 4) is 28.7 Å². The second-order valence-electron chi connectivity index (χ2n) is 15.5. The van der Waals surface area contributed by atoms with Gasteiger partial charge in [0.25, 0.3) is 0 Å². The number of rotatable bonds is 5. The van der Waals surface area contributed by atoms with Crippen molar-refractivity contribution in [3.63, 3.8) is 0 Å². The largest absolute Gasteiger partial charge is 0.504 e. The van der Waals surface area contributed by atoms with Crippen molar-refractivity contribution in [2.45, 2.75) is 56.6 Å². The van der Waals surface area contributed by atoms with Gasteiger partial charge in [0.15, 0.2) is 23.0 Å². The number of aliphatic hydroxyl groups excluding tert-OH is 1. The summed E-state index contributed by atoms with van der Waals surface area (Å²) in [5, 5.41) is 24.8. The number of hydrogen-bond donors (Lipinski definition) is 4. The quantitative estimate of drug-likeness (QED) is 0.124. The molecule has 0 spiro atoms. The van der Waals surface area contributed by atoms with Crippen LogP contribution < -0.4 is 24.3 Å². The van der Waals surface area contributed by atoms with Crippen molar-refractivity contribution in [3.05, 3.63) is 69.4 Å². The zero-order chi connectivity index (χ0) is 37.8. The molecule has 2 saturated heterocycles. The standard InChI is InChI=1S/C40H45N5O8S/c1-19-7-9-24(35(49)36(19)50-6)33-34-40-31-30(39-38(51-18-52-39)20(2)37(31)53-21(3)47)27(44(34)17-43(33)4)14-45(5)12-11-23-25-13-22(41-29(48)15-46)8-10-26(25)42-32(23)28(45)16-54-40/h7-10,13,27-28,33-34,40,42,46H,11-12,14-18H2,1-6H3,(H-,41,48,49)/p+1. The average molecular weight is 757 g/mol. The number of nitrogens with one attached hydrogen (secondary N) is 2. The van der Waals surface area contributed by atoms with E-state index in [4.69, 9.17) is 18.9 Å². The molecule has 4 N–H and O–H groups in total. The van der Waals surface area contributed by atoms with Gasteiger partial charge in [0, 0.05) is 58.2 Å². The molecule has 2 fully saturated rings. The fourth-order valence-corrected chi connectivity index (χ4v) is 11.9. The van der Waals surface area contributed by atoms with Gasteiger partial charge in [0.2, 0.25) is 12.7 Å². The highest BCUT2D eigenvalue weighted by atomic mass is 32.2. The number of ether oxygens (including phenoxy) is 4. The minimum absolute atomic E-state index is 0.0909. The van der Waals surface area contributed by atoms with Crippen LogP contribution in [-0.4, -0.2) is 108 Å². The van der Waals surface area contributed by atoms with Crippen LogP contribution in [-0.2, 0) is 16.0 Å². The Morgan fingerprint density at radius 2 is 1.93 bits per heavy atom. The molecule has 4 aromatic rings. The first-order chi connectivity index (χ1) is 25.9. The van der Waals surface area contributed by atoms with E-state index in [1.54, 1.807) is 7.11 Å². The normalized spacial score (nSPS) is 27.0. The number of amides is 1. The molecule has 6 aliphatic rings. The van der Waals surface area contributed by atoms with Crippen LogP contribution in [0.4, 0.5) is 5.69 Å². The minimum atomic E-state index is -0.575. The van der Waals surface area contributed by atoms with E-state index in [2.05, 4.69) is 34.2 Å². The van der Waals surface area contributed by atoms with Crippen LogP contribution >= 0.6 is 11.8 Å². The number of benzene rings is 3. The number of esters is 1. The molecule has 54 heavy (non-hydrogen) atoms. The molecule has 14 heteroatoms. The number of anilines is 1. The van der Waals surface area contributed by atoms with Gasteiger partial charge in [-0.25, -0.2) is 0 Å². The number of aromatic nitrogens is 1. The van der Waals surface area contributed by atoms with Crippen molar-refractivity contribution in [1.82, 2.24) is 14.8 Å². The number of quaternary nitrogens is 1. The van der Waals surface area contributed by atoms with Gasteiger partial charge in [-0.2, -0.15) is 0 Å². The van der Waals surface area contributed by atoms with Crippen LogP contribution in [0.1, 0.15) is 69.4 Å². The Morgan fingerprint density at radius 1 is 1.13 bits per heavy atom. The number of H-pyrrole nitrogens is 1. The van der Waals surface area contributed by atoms with E-state index in [9.17, 15) is 19.8 Å². The molecule has 284 valence electrons. The summed E-state index contributed by atoms with van der Waals surface area (Å²) in [7, 11) is 6.05. The maximum atomic E-state index is 12.9. The number of aromatic hydroxyl groups is 1. The molecule has 6 aliphatic heterocycles.